The third kappa shape index (κ3) is 4.74. The standard InChI is InChI=1S/C17H22N2O6/c1-11(2)16(12-6-4-3-5-7-12)25-17(20)13-8-14(18(21)22)10-15(9-13)19(23)24/h8-12,16H,3-7H2,1-2H3/t16-/m0/s1. The SMILES string of the molecule is CC(C)[C@H](OC(=O)c1cc([N+](=O)[O-])cc([N+](=O)[O-])c1)C1CCCCC1. The van der Waals surface area contributed by atoms with Gasteiger partial charge < -0.3 is 4.74 Å². The average molecular weight is 350 g/mol. The third-order valence-corrected chi connectivity index (χ3v) is 4.57. The van der Waals surface area contributed by atoms with E-state index in [1.54, 1.807) is 0 Å². The molecule has 136 valence electrons. The van der Waals surface area contributed by atoms with E-state index in [1.807, 2.05) is 13.8 Å². The fraction of sp³-hybridized carbons (Fsp3) is 0.588. The van der Waals surface area contributed by atoms with Gasteiger partial charge in [0.05, 0.1) is 21.5 Å². The molecule has 0 aliphatic heterocycles. The molecule has 8 nitrogen and oxygen atoms in total. The van der Waals surface area contributed by atoms with E-state index in [9.17, 15) is 25.0 Å². The smallest absolute Gasteiger partial charge is 0.338 e. The molecule has 1 atom stereocenters. The lowest BCUT2D eigenvalue weighted by Gasteiger charge is -2.32. The lowest BCUT2D eigenvalue weighted by molar-refractivity contribution is -0.394. The molecule has 0 bridgehead atoms. The fourth-order valence-corrected chi connectivity index (χ4v) is 3.35. The largest absolute Gasteiger partial charge is 0.458 e. The summed E-state index contributed by atoms with van der Waals surface area (Å²) >= 11 is 0. The zero-order chi connectivity index (χ0) is 18.6. The summed E-state index contributed by atoms with van der Waals surface area (Å²) in [6.45, 7) is 3.92. The topological polar surface area (TPSA) is 113 Å². The molecule has 1 saturated carbocycles. The van der Waals surface area contributed by atoms with Crippen LogP contribution in [-0.2, 0) is 4.74 Å². The maximum absolute atomic E-state index is 12.5. The van der Waals surface area contributed by atoms with Crippen molar-refractivity contribution >= 4 is 17.3 Å². The van der Waals surface area contributed by atoms with Crippen molar-refractivity contribution in [2.75, 3.05) is 0 Å². The van der Waals surface area contributed by atoms with E-state index < -0.39 is 27.2 Å². The van der Waals surface area contributed by atoms with Crippen LogP contribution in [-0.4, -0.2) is 21.9 Å². The Bertz CT molecular complexity index is 635. The molecule has 8 heteroatoms. The molecule has 1 aromatic rings. The first-order chi connectivity index (χ1) is 11.8. The number of non-ortho nitro benzene ring substituents is 2. The molecule has 1 fully saturated rings. The van der Waals surface area contributed by atoms with Gasteiger partial charge >= 0.3 is 5.97 Å². The summed E-state index contributed by atoms with van der Waals surface area (Å²) < 4.78 is 5.62. The predicted octanol–water partition coefficient (Wildman–Crippen LogP) is 4.26. The first-order valence-electron chi connectivity index (χ1n) is 8.44. The Kier molecular flexibility index (Phi) is 6.06. The number of esters is 1. The molecule has 0 heterocycles. The normalized spacial score (nSPS) is 16.4. The number of hydrogen-bond acceptors (Lipinski definition) is 6. The molecule has 0 aromatic heterocycles. The predicted molar refractivity (Wildman–Crippen MR) is 90.4 cm³/mol. The number of nitro benzene ring substituents is 2. The molecule has 0 amide bonds. The van der Waals surface area contributed by atoms with Gasteiger partial charge in [-0.3, -0.25) is 20.2 Å². The zero-order valence-electron chi connectivity index (χ0n) is 14.3. The monoisotopic (exact) mass is 350 g/mol. The van der Waals surface area contributed by atoms with Crippen molar-refractivity contribution in [3.63, 3.8) is 0 Å². The van der Waals surface area contributed by atoms with Crippen molar-refractivity contribution in [1.82, 2.24) is 0 Å². The van der Waals surface area contributed by atoms with Crippen LogP contribution in [0.3, 0.4) is 0 Å². The molecule has 1 aromatic carbocycles. The second-order valence-electron chi connectivity index (χ2n) is 6.76. The Labute approximate surface area is 145 Å². The van der Waals surface area contributed by atoms with E-state index in [2.05, 4.69) is 0 Å². The van der Waals surface area contributed by atoms with Crippen LogP contribution in [0.1, 0.15) is 56.3 Å². The van der Waals surface area contributed by atoms with Gasteiger partial charge in [0.25, 0.3) is 11.4 Å². The molecule has 2 rings (SSSR count). The number of carbonyl (C=O) groups is 1. The summed E-state index contributed by atoms with van der Waals surface area (Å²) in [6, 6.07) is 2.87. The minimum atomic E-state index is -0.759. The maximum Gasteiger partial charge on any atom is 0.338 e. The van der Waals surface area contributed by atoms with Gasteiger partial charge in [0, 0.05) is 12.1 Å². The summed E-state index contributed by atoms with van der Waals surface area (Å²) in [5, 5.41) is 21.9. The van der Waals surface area contributed by atoms with Crippen LogP contribution in [0.15, 0.2) is 18.2 Å². The summed E-state index contributed by atoms with van der Waals surface area (Å²) in [5.41, 5.74) is -1.16. The molecule has 1 aliphatic rings. The Morgan fingerprint density at radius 1 is 1.04 bits per heavy atom. The van der Waals surface area contributed by atoms with Crippen molar-refractivity contribution in [1.29, 1.82) is 0 Å². The molecule has 0 spiro atoms. The molecule has 0 saturated heterocycles. The lowest BCUT2D eigenvalue weighted by atomic mass is 9.81. The second kappa shape index (κ2) is 8.04. The van der Waals surface area contributed by atoms with E-state index >= 15 is 0 Å². The minimum Gasteiger partial charge on any atom is -0.458 e. The highest BCUT2D eigenvalue weighted by Crippen LogP contribution is 2.32. The van der Waals surface area contributed by atoms with Gasteiger partial charge in [-0.1, -0.05) is 33.1 Å². The number of rotatable bonds is 6. The van der Waals surface area contributed by atoms with Crippen molar-refractivity contribution < 1.29 is 19.4 Å². The van der Waals surface area contributed by atoms with Crippen LogP contribution in [0.5, 0.6) is 0 Å². The second-order valence-corrected chi connectivity index (χ2v) is 6.76. The van der Waals surface area contributed by atoms with Gasteiger partial charge in [-0.25, -0.2) is 4.79 Å². The van der Waals surface area contributed by atoms with Crippen LogP contribution in [0, 0.1) is 32.1 Å². The van der Waals surface area contributed by atoms with Crippen molar-refractivity contribution in [3.05, 3.63) is 44.0 Å². The summed E-state index contributed by atoms with van der Waals surface area (Å²) in [4.78, 5) is 32.9. The molecule has 0 unspecified atom stereocenters. The third-order valence-electron chi connectivity index (χ3n) is 4.57. The maximum atomic E-state index is 12.5. The van der Waals surface area contributed by atoms with Gasteiger partial charge in [-0.05, 0) is 24.7 Å². The van der Waals surface area contributed by atoms with E-state index in [-0.39, 0.29) is 23.5 Å². The number of ether oxygens (including phenoxy) is 1. The lowest BCUT2D eigenvalue weighted by Crippen LogP contribution is -2.33. The molecule has 0 radical (unpaired) electrons. The Balaban J connectivity index is 2.25. The van der Waals surface area contributed by atoms with Crippen molar-refractivity contribution in [2.45, 2.75) is 52.1 Å². The number of carbonyl (C=O) groups excluding carboxylic acids is 1. The highest BCUT2D eigenvalue weighted by Gasteiger charge is 2.30. The van der Waals surface area contributed by atoms with Gasteiger partial charge in [0.15, 0.2) is 0 Å². The molecule has 25 heavy (non-hydrogen) atoms. The van der Waals surface area contributed by atoms with Crippen molar-refractivity contribution in [2.24, 2.45) is 11.8 Å². The number of hydrogen-bond donors (Lipinski definition) is 0. The summed E-state index contributed by atoms with van der Waals surface area (Å²) in [7, 11) is 0. The van der Waals surface area contributed by atoms with Gasteiger partial charge in [0.2, 0.25) is 0 Å². The molecule has 1 aliphatic carbocycles. The van der Waals surface area contributed by atoms with Crippen LogP contribution in [0.4, 0.5) is 11.4 Å². The first kappa shape index (κ1) is 18.8. The Morgan fingerprint density at radius 3 is 2.00 bits per heavy atom. The Hall–Kier alpha value is -2.51. The van der Waals surface area contributed by atoms with Crippen LogP contribution >= 0.6 is 0 Å². The summed E-state index contributed by atoms with van der Waals surface area (Å²) in [5.74, 6) is -0.400. The average Bonchev–Trinajstić information content (AvgIpc) is 2.59. The first-order valence-corrected chi connectivity index (χ1v) is 8.44. The van der Waals surface area contributed by atoms with E-state index in [0.29, 0.717) is 0 Å². The van der Waals surface area contributed by atoms with Crippen molar-refractivity contribution in [3.8, 4) is 0 Å². The highest BCUT2D eigenvalue weighted by atomic mass is 16.6. The number of benzene rings is 1. The van der Waals surface area contributed by atoms with Gasteiger partial charge in [0.1, 0.15) is 6.10 Å². The fourth-order valence-electron chi connectivity index (χ4n) is 3.35. The van der Waals surface area contributed by atoms with E-state index in [0.717, 1.165) is 43.9 Å². The minimum absolute atomic E-state index is 0.0979. The van der Waals surface area contributed by atoms with Crippen LogP contribution in [0.25, 0.3) is 0 Å². The molecular weight excluding hydrogens is 328 g/mol. The molecular formula is C17H22N2O6. The van der Waals surface area contributed by atoms with Crippen LogP contribution in [0.2, 0.25) is 0 Å². The number of nitrogens with zero attached hydrogens (tertiary/aromatic N) is 2. The van der Waals surface area contributed by atoms with E-state index in [4.69, 9.17) is 4.74 Å². The molecule has 0 N–H and O–H groups in total. The van der Waals surface area contributed by atoms with Gasteiger partial charge in [-0.15, -0.1) is 0 Å². The quantitative estimate of drug-likeness (QED) is 0.430. The summed E-state index contributed by atoms with van der Waals surface area (Å²) in [6.07, 6.45) is 5.01. The van der Waals surface area contributed by atoms with Gasteiger partial charge in [-0.2, -0.15) is 0 Å². The highest BCUT2D eigenvalue weighted by molar-refractivity contribution is 5.91. The van der Waals surface area contributed by atoms with E-state index in [1.165, 1.54) is 6.42 Å². The van der Waals surface area contributed by atoms with Crippen LogP contribution < -0.4 is 0 Å². The Morgan fingerprint density at radius 2 is 1.56 bits per heavy atom. The number of nitro groups is 2. The zero-order valence-corrected chi connectivity index (χ0v) is 14.3.